The Morgan fingerprint density at radius 2 is 2.00 bits per heavy atom. The van der Waals surface area contributed by atoms with E-state index in [4.69, 9.17) is 5.73 Å². The Hall–Kier alpha value is -0.0400. The highest BCUT2D eigenvalue weighted by atomic mass is 14.6. The van der Waals surface area contributed by atoms with Crippen molar-refractivity contribution in [3.05, 3.63) is 0 Å². The van der Waals surface area contributed by atoms with Gasteiger partial charge >= 0.3 is 0 Å². The van der Waals surface area contributed by atoms with Crippen LogP contribution in [0, 0.1) is 17.8 Å². The van der Waals surface area contributed by atoms with Gasteiger partial charge in [0.1, 0.15) is 0 Å². The van der Waals surface area contributed by atoms with Crippen LogP contribution in [0.4, 0.5) is 0 Å². The van der Waals surface area contributed by atoms with Crippen molar-refractivity contribution in [2.45, 2.75) is 26.7 Å². The largest absolute Gasteiger partial charge is 0.330 e. The number of hydrogen-bond acceptors (Lipinski definition) is 1. The summed E-state index contributed by atoms with van der Waals surface area (Å²) >= 11 is 0. The molecule has 54 valence electrons. The lowest BCUT2D eigenvalue weighted by molar-refractivity contribution is 0.148. The first-order valence-electron chi connectivity index (χ1n) is 3.94. The zero-order valence-electron chi connectivity index (χ0n) is 6.43. The van der Waals surface area contributed by atoms with E-state index in [0.29, 0.717) is 0 Å². The van der Waals surface area contributed by atoms with Crippen molar-refractivity contribution < 1.29 is 0 Å². The average Bonchev–Trinajstić information content (AvgIpc) is 1.61. The lowest BCUT2D eigenvalue weighted by atomic mass is 9.70. The first-order valence-corrected chi connectivity index (χ1v) is 3.94. The fourth-order valence-corrected chi connectivity index (χ4v) is 1.52. The Morgan fingerprint density at radius 3 is 2.33 bits per heavy atom. The molecule has 0 aromatic carbocycles. The second-order valence-corrected chi connectivity index (χ2v) is 3.58. The molecule has 9 heavy (non-hydrogen) atoms. The van der Waals surface area contributed by atoms with Gasteiger partial charge in [-0.05, 0) is 37.1 Å². The first-order chi connectivity index (χ1) is 4.24. The van der Waals surface area contributed by atoms with Crippen molar-refractivity contribution in [1.29, 1.82) is 0 Å². The van der Waals surface area contributed by atoms with E-state index in [9.17, 15) is 0 Å². The molecule has 0 heterocycles. The molecule has 1 rings (SSSR count). The van der Waals surface area contributed by atoms with E-state index in [1.165, 1.54) is 12.8 Å². The van der Waals surface area contributed by atoms with Crippen molar-refractivity contribution in [1.82, 2.24) is 0 Å². The quantitative estimate of drug-likeness (QED) is 0.599. The molecule has 0 saturated heterocycles. The van der Waals surface area contributed by atoms with Crippen molar-refractivity contribution >= 4 is 0 Å². The SMILES string of the molecule is CC(C)C1CC(CN)C1. The smallest absolute Gasteiger partial charge is 0.00487 e. The second-order valence-electron chi connectivity index (χ2n) is 3.58. The summed E-state index contributed by atoms with van der Waals surface area (Å²) in [6.45, 7) is 5.51. The van der Waals surface area contributed by atoms with Crippen LogP contribution in [-0.2, 0) is 0 Å². The molecule has 0 radical (unpaired) electrons. The molecule has 0 amide bonds. The van der Waals surface area contributed by atoms with Crippen LogP contribution < -0.4 is 5.73 Å². The number of hydrogen-bond donors (Lipinski definition) is 1. The van der Waals surface area contributed by atoms with Crippen molar-refractivity contribution in [2.24, 2.45) is 23.5 Å². The Balaban J connectivity index is 2.12. The van der Waals surface area contributed by atoms with Crippen LogP contribution >= 0.6 is 0 Å². The second kappa shape index (κ2) is 2.70. The zero-order valence-corrected chi connectivity index (χ0v) is 6.43. The van der Waals surface area contributed by atoms with E-state index in [1.54, 1.807) is 0 Å². The maximum Gasteiger partial charge on any atom is -0.00487 e. The predicted octanol–water partition coefficient (Wildman–Crippen LogP) is 1.63. The van der Waals surface area contributed by atoms with E-state index < -0.39 is 0 Å². The van der Waals surface area contributed by atoms with Gasteiger partial charge in [-0.3, -0.25) is 0 Å². The number of nitrogens with two attached hydrogens (primary N) is 1. The lowest BCUT2D eigenvalue weighted by Gasteiger charge is -2.37. The molecule has 0 spiro atoms. The summed E-state index contributed by atoms with van der Waals surface area (Å²) in [4.78, 5) is 0. The van der Waals surface area contributed by atoms with E-state index in [1.807, 2.05) is 0 Å². The molecule has 1 heteroatoms. The van der Waals surface area contributed by atoms with E-state index >= 15 is 0 Å². The summed E-state index contributed by atoms with van der Waals surface area (Å²) < 4.78 is 0. The monoisotopic (exact) mass is 127 g/mol. The van der Waals surface area contributed by atoms with Crippen LogP contribution in [0.2, 0.25) is 0 Å². The molecule has 0 atom stereocenters. The van der Waals surface area contributed by atoms with Gasteiger partial charge < -0.3 is 5.73 Å². The van der Waals surface area contributed by atoms with E-state index in [2.05, 4.69) is 13.8 Å². The van der Waals surface area contributed by atoms with Gasteiger partial charge in [-0.1, -0.05) is 13.8 Å². The summed E-state index contributed by atoms with van der Waals surface area (Å²) in [7, 11) is 0. The fraction of sp³-hybridized carbons (Fsp3) is 1.00. The van der Waals surface area contributed by atoms with Gasteiger partial charge in [0.15, 0.2) is 0 Å². The minimum absolute atomic E-state index is 0.859. The molecule has 0 aromatic heterocycles. The Bertz CT molecular complexity index is 82.6. The van der Waals surface area contributed by atoms with Crippen LogP contribution in [-0.4, -0.2) is 6.54 Å². The molecular weight excluding hydrogens is 110 g/mol. The first kappa shape index (κ1) is 7.07. The van der Waals surface area contributed by atoms with Gasteiger partial charge in [-0.15, -0.1) is 0 Å². The molecule has 0 unspecified atom stereocenters. The molecular formula is C8H17N. The van der Waals surface area contributed by atoms with Gasteiger partial charge in [-0.25, -0.2) is 0 Å². The highest BCUT2D eigenvalue weighted by Crippen LogP contribution is 2.37. The molecule has 1 nitrogen and oxygen atoms in total. The van der Waals surface area contributed by atoms with Crippen LogP contribution in [0.3, 0.4) is 0 Å². The molecule has 0 aliphatic heterocycles. The third-order valence-electron chi connectivity index (χ3n) is 2.55. The lowest BCUT2D eigenvalue weighted by Crippen LogP contribution is -2.32. The minimum atomic E-state index is 0.859. The maximum atomic E-state index is 5.50. The van der Waals surface area contributed by atoms with Crippen LogP contribution in [0.15, 0.2) is 0 Å². The van der Waals surface area contributed by atoms with Gasteiger partial charge in [-0.2, -0.15) is 0 Å². The minimum Gasteiger partial charge on any atom is -0.330 e. The Morgan fingerprint density at radius 1 is 1.44 bits per heavy atom. The summed E-state index contributed by atoms with van der Waals surface area (Å²) in [6, 6.07) is 0. The van der Waals surface area contributed by atoms with Crippen molar-refractivity contribution in [2.75, 3.05) is 6.54 Å². The summed E-state index contributed by atoms with van der Waals surface area (Å²) in [6.07, 6.45) is 2.77. The van der Waals surface area contributed by atoms with Crippen molar-refractivity contribution in [3.8, 4) is 0 Å². The average molecular weight is 127 g/mol. The van der Waals surface area contributed by atoms with Crippen LogP contribution in [0.25, 0.3) is 0 Å². The summed E-state index contributed by atoms with van der Waals surface area (Å²) in [5, 5.41) is 0. The van der Waals surface area contributed by atoms with Crippen LogP contribution in [0.5, 0.6) is 0 Å². The molecule has 0 bridgehead atoms. The van der Waals surface area contributed by atoms with Crippen molar-refractivity contribution in [3.63, 3.8) is 0 Å². The highest BCUT2D eigenvalue weighted by Gasteiger charge is 2.29. The fourth-order valence-electron chi connectivity index (χ4n) is 1.52. The maximum absolute atomic E-state index is 5.50. The number of rotatable bonds is 2. The van der Waals surface area contributed by atoms with Gasteiger partial charge in [0.25, 0.3) is 0 Å². The van der Waals surface area contributed by atoms with Gasteiger partial charge in [0.2, 0.25) is 0 Å². The molecule has 2 N–H and O–H groups in total. The molecule has 0 aromatic rings. The topological polar surface area (TPSA) is 26.0 Å². The Labute approximate surface area is 57.6 Å². The predicted molar refractivity (Wildman–Crippen MR) is 40.1 cm³/mol. The normalized spacial score (nSPS) is 34.7. The third-order valence-corrected chi connectivity index (χ3v) is 2.55. The molecule has 1 saturated carbocycles. The van der Waals surface area contributed by atoms with Gasteiger partial charge in [0, 0.05) is 0 Å². The molecule has 1 aliphatic rings. The van der Waals surface area contributed by atoms with Gasteiger partial charge in [0.05, 0.1) is 0 Å². The van der Waals surface area contributed by atoms with E-state index in [0.717, 1.165) is 24.3 Å². The standard InChI is InChI=1S/C8H17N/c1-6(2)8-3-7(4-8)5-9/h6-8H,3-5,9H2,1-2H3. The zero-order chi connectivity index (χ0) is 6.85. The highest BCUT2D eigenvalue weighted by molar-refractivity contribution is 4.81. The van der Waals surface area contributed by atoms with E-state index in [-0.39, 0.29) is 0 Å². The summed E-state index contributed by atoms with van der Waals surface area (Å²) in [5.41, 5.74) is 5.50. The van der Waals surface area contributed by atoms with Crippen LogP contribution in [0.1, 0.15) is 26.7 Å². The summed E-state index contributed by atoms with van der Waals surface area (Å²) in [5.74, 6) is 2.73. The molecule has 1 fully saturated rings. The molecule has 1 aliphatic carbocycles. The Kier molecular flexibility index (Phi) is 2.12. The third kappa shape index (κ3) is 1.45.